The summed E-state index contributed by atoms with van der Waals surface area (Å²) in [6, 6.07) is 1.73. The number of carbonyl (C=O) groups excluding carboxylic acids is 1. The van der Waals surface area contributed by atoms with Crippen LogP contribution in [0.2, 0.25) is 5.02 Å². The Balaban J connectivity index is 2.25. The summed E-state index contributed by atoms with van der Waals surface area (Å²) < 4.78 is 6.23. The second kappa shape index (κ2) is 6.23. The van der Waals surface area contributed by atoms with Crippen LogP contribution < -0.4 is 0 Å². The average Bonchev–Trinajstić information content (AvgIpc) is 2.72. The molecule has 0 fully saturated rings. The van der Waals surface area contributed by atoms with Crippen LogP contribution in [0.4, 0.5) is 0 Å². The zero-order valence-corrected chi connectivity index (χ0v) is 12.8. The number of hydrogen-bond acceptors (Lipinski definition) is 6. The molecule has 20 heavy (non-hydrogen) atoms. The Morgan fingerprint density at radius 1 is 1.50 bits per heavy atom. The summed E-state index contributed by atoms with van der Waals surface area (Å²) in [4.78, 5) is 19.6. The van der Waals surface area contributed by atoms with E-state index in [4.69, 9.17) is 11.6 Å². The highest BCUT2D eigenvalue weighted by molar-refractivity contribution is 7.99. The quantitative estimate of drug-likeness (QED) is 0.490. The summed E-state index contributed by atoms with van der Waals surface area (Å²) in [6.07, 6.45) is 1.62. The van der Waals surface area contributed by atoms with Gasteiger partial charge in [-0.3, -0.25) is 4.79 Å². The van der Waals surface area contributed by atoms with Gasteiger partial charge in [0.05, 0.1) is 29.3 Å². The molecule has 0 atom stereocenters. The topological polar surface area (TPSA) is 69.9 Å². The van der Waals surface area contributed by atoms with E-state index in [0.29, 0.717) is 16.0 Å². The molecule has 0 aromatic carbocycles. The van der Waals surface area contributed by atoms with Crippen molar-refractivity contribution in [3.63, 3.8) is 0 Å². The Labute approximate surface area is 125 Å². The lowest BCUT2D eigenvalue weighted by atomic mass is 10.4. The predicted octanol–water partition coefficient (Wildman–Crippen LogP) is 2.20. The normalized spacial score (nSPS) is 10.6. The third-order valence-corrected chi connectivity index (χ3v) is 3.97. The lowest BCUT2D eigenvalue weighted by molar-refractivity contribution is -0.137. The number of aryl methyl sites for hydroxylation is 1. The van der Waals surface area contributed by atoms with Gasteiger partial charge in [0.2, 0.25) is 0 Å². The van der Waals surface area contributed by atoms with E-state index in [2.05, 4.69) is 19.8 Å². The van der Waals surface area contributed by atoms with Gasteiger partial charge in [0, 0.05) is 12.3 Å². The minimum Gasteiger partial charge on any atom is -0.468 e. The molecule has 0 saturated heterocycles. The standard InChI is InChI=1S/C12H13ClN4O2S/c1-7-11(13)8(2)17(16-7)9-4-5-14-12(15-9)20-6-10(18)19-3/h4-5H,6H2,1-3H3. The van der Waals surface area contributed by atoms with E-state index < -0.39 is 0 Å². The molecule has 0 saturated carbocycles. The summed E-state index contributed by atoms with van der Waals surface area (Å²) >= 11 is 7.32. The summed E-state index contributed by atoms with van der Waals surface area (Å²) in [7, 11) is 1.35. The molecule has 8 heteroatoms. The largest absolute Gasteiger partial charge is 0.468 e. The lowest BCUT2D eigenvalue weighted by Crippen LogP contribution is -2.06. The van der Waals surface area contributed by atoms with Crippen molar-refractivity contribution in [3.05, 3.63) is 28.7 Å². The average molecular weight is 313 g/mol. The maximum Gasteiger partial charge on any atom is 0.316 e. The number of nitrogens with zero attached hydrogens (tertiary/aromatic N) is 4. The molecule has 2 heterocycles. The minimum absolute atomic E-state index is 0.165. The number of ether oxygens (including phenoxy) is 1. The molecule has 2 aromatic rings. The van der Waals surface area contributed by atoms with Crippen molar-refractivity contribution < 1.29 is 9.53 Å². The van der Waals surface area contributed by atoms with Gasteiger partial charge in [0.25, 0.3) is 0 Å². The van der Waals surface area contributed by atoms with Gasteiger partial charge in [-0.1, -0.05) is 23.4 Å². The van der Waals surface area contributed by atoms with Gasteiger partial charge in [0.1, 0.15) is 0 Å². The van der Waals surface area contributed by atoms with Crippen molar-refractivity contribution in [2.24, 2.45) is 0 Å². The molecule has 0 aliphatic heterocycles. The smallest absolute Gasteiger partial charge is 0.316 e. The monoisotopic (exact) mass is 312 g/mol. The molecule has 2 rings (SSSR count). The molecule has 0 aliphatic carbocycles. The number of esters is 1. The first kappa shape index (κ1) is 14.8. The maximum absolute atomic E-state index is 11.1. The Kier molecular flexibility index (Phi) is 4.61. The van der Waals surface area contributed by atoms with Crippen molar-refractivity contribution >= 4 is 29.3 Å². The second-order valence-electron chi connectivity index (χ2n) is 3.96. The van der Waals surface area contributed by atoms with Gasteiger partial charge in [-0.25, -0.2) is 14.6 Å². The van der Waals surface area contributed by atoms with E-state index in [9.17, 15) is 4.79 Å². The molecule has 2 aromatic heterocycles. The van der Waals surface area contributed by atoms with Crippen LogP contribution in [0.15, 0.2) is 17.4 Å². The summed E-state index contributed by atoms with van der Waals surface area (Å²) in [5.74, 6) is 0.454. The Morgan fingerprint density at radius 3 is 2.85 bits per heavy atom. The molecule has 0 radical (unpaired) electrons. The van der Waals surface area contributed by atoms with Crippen LogP contribution in [0, 0.1) is 13.8 Å². The fourth-order valence-electron chi connectivity index (χ4n) is 1.55. The van der Waals surface area contributed by atoms with Gasteiger partial charge in [0.15, 0.2) is 11.0 Å². The molecular formula is C12H13ClN4O2S. The highest BCUT2D eigenvalue weighted by atomic mass is 35.5. The second-order valence-corrected chi connectivity index (χ2v) is 5.28. The third-order valence-electron chi connectivity index (χ3n) is 2.59. The van der Waals surface area contributed by atoms with Crippen LogP contribution in [0.1, 0.15) is 11.4 Å². The van der Waals surface area contributed by atoms with Crippen LogP contribution in [0.5, 0.6) is 0 Å². The number of hydrogen-bond donors (Lipinski definition) is 0. The van der Waals surface area contributed by atoms with E-state index in [0.717, 1.165) is 11.4 Å². The van der Waals surface area contributed by atoms with E-state index in [1.807, 2.05) is 13.8 Å². The number of halogens is 1. The first-order valence-electron chi connectivity index (χ1n) is 5.77. The number of methoxy groups -OCH3 is 1. The number of carbonyl (C=O) groups is 1. The van der Waals surface area contributed by atoms with Crippen LogP contribution in [-0.2, 0) is 9.53 Å². The van der Waals surface area contributed by atoms with Gasteiger partial charge in [-0.2, -0.15) is 5.10 Å². The lowest BCUT2D eigenvalue weighted by Gasteiger charge is -2.05. The van der Waals surface area contributed by atoms with Crippen molar-refractivity contribution in [1.82, 2.24) is 19.7 Å². The minimum atomic E-state index is -0.321. The SMILES string of the molecule is COC(=O)CSc1nccc(-n2nc(C)c(Cl)c2C)n1. The van der Waals surface area contributed by atoms with Crippen LogP contribution in [-0.4, -0.2) is 38.6 Å². The van der Waals surface area contributed by atoms with Crippen molar-refractivity contribution in [1.29, 1.82) is 0 Å². The van der Waals surface area contributed by atoms with Crippen LogP contribution in [0.25, 0.3) is 5.82 Å². The predicted molar refractivity (Wildman–Crippen MR) is 76.4 cm³/mol. The van der Waals surface area contributed by atoms with Crippen LogP contribution in [0.3, 0.4) is 0 Å². The molecule has 0 N–H and O–H groups in total. The van der Waals surface area contributed by atoms with E-state index in [1.165, 1.54) is 18.9 Å². The number of rotatable bonds is 4. The van der Waals surface area contributed by atoms with Gasteiger partial charge < -0.3 is 4.74 Å². The zero-order chi connectivity index (χ0) is 14.7. The maximum atomic E-state index is 11.1. The van der Waals surface area contributed by atoms with Crippen LogP contribution >= 0.6 is 23.4 Å². The fourth-order valence-corrected chi connectivity index (χ4v) is 2.32. The van der Waals surface area contributed by atoms with Gasteiger partial charge >= 0.3 is 5.97 Å². The molecule has 6 nitrogen and oxygen atoms in total. The molecule has 0 unspecified atom stereocenters. The zero-order valence-electron chi connectivity index (χ0n) is 11.3. The molecule has 0 spiro atoms. The summed E-state index contributed by atoms with van der Waals surface area (Å²) in [5.41, 5.74) is 1.55. The molecule has 0 amide bonds. The van der Waals surface area contributed by atoms with Crippen molar-refractivity contribution in [2.45, 2.75) is 19.0 Å². The van der Waals surface area contributed by atoms with Crippen molar-refractivity contribution in [3.8, 4) is 5.82 Å². The first-order valence-corrected chi connectivity index (χ1v) is 7.14. The Hall–Kier alpha value is -1.60. The highest BCUT2D eigenvalue weighted by Gasteiger charge is 2.12. The fraction of sp³-hybridized carbons (Fsp3) is 0.333. The van der Waals surface area contributed by atoms with Crippen molar-refractivity contribution in [2.75, 3.05) is 12.9 Å². The Morgan fingerprint density at radius 2 is 2.25 bits per heavy atom. The third kappa shape index (κ3) is 3.10. The first-order chi connectivity index (χ1) is 9.52. The molecule has 0 bridgehead atoms. The molecular weight excluding hydrogens is 300 g/mol. The summed E-state index contributed by atoms with van der Waals surface area (Å²) in [6.45, 7) is 3.70. The van der Waals surface area contributed by atoms with Gasteiger partial charge in [-0.15, -0.1) is 0 Å². The molecule has 106 valence electrons. The number of aromatic nitrogens is 4. The van der Waals surface area contributed by atoms with E-state index in [-0.39, 0.29) is 11.7 Å². The van der Waals surface area contributed by atoms with Gasteiger partial charge in [-0.05, 0) is 13.8 Å². The van der Waals surface area contributed by atoms with E-state index in [1.54, 1.807) is 16.9 Å². The number of thioether (sulfide) groups is 1. The molecule has 0 aliphatic rings. The van der Waals surface area contributed by atoms with E-state index >= 15 is 0 Å². The summed E-state index contributed by atoms with van der Waals surface area (Å²) in [5, 5.41) is 5.43. The Bertz CT molecular complexity index is 644. The highest BCUT2D eigenvalue weighted by Crippen LogP contribution is 2.22.